The first-order valence-electron chi connectivity index (χ1n) is 4.94. The number of hydrogen-bond donors (Lipinski definition) is 4. The molecule has 0 amide bonds. The predicted molar refractivity (Wildman–Crippen MR) is 60.4 cm³/mol. The fourth-order valence-corrected chi connectivity index (χ4v) is 3.25. The van der Waals surface area contributed by atoms with Crippen LogP contribution in [-0.4, -0.2) is 54.8 Å². The third kappa shape index (κ3) is 5.22. The van der Waals surface area contributed by atoms with Gasteiger partial charge in [0.15, 0.2) is 0 Å². The summed E-state index contributed by atoms with van der Waals surface area (Å²) in [6.45, 7) is 3.27. The monoisotopic (exact) mass is 255 g/mol. The first-order chi connectivity index (χ1) is 7.10. The van der Waals surface area contributed by atoms with Crippen molar-refractivity contribution in [2.24, 2.45) is 5.41 Å². The smallest absolute Gasteiger partial charge is 0.212 e. The van der Waals surface area contributed by atoms with Crippen LogP contribution in [0.4, 0.5) is 0 Å². The maximum absolute atomic E-state index is 11.7. The summed E-state index contributed by atoms with van der Waals surface area (Å²) >= 11 is 0. The molecule has 0 fully saturated rings. The van der Waals surface area contributed by atoms with Crippen molar-refractivity contribution < 1.29 is 23.7 Å². The number of rotatable bonds is 6. The summed E-state index contributed by atoms with van der Waals surface area (Å²) in [6.07, 6.45) is 0. The second kappa shape index (κ2) is 5.42. The van der Waals surface area contributed by atoms with Gasteiger partial charge in [0.05, 0.1) is 25.6 Å². The average molecular weight is 255 g/mol. The van der Waals surface area contributed by atoms with Crippen molar-refractivity contribution in [1.82, 2.24) is 4.72 Å². The number of aliphatic hydroxyl groups excluding tert-OH is 3. The Bertz CT molecular complexity index is 294. The van der Waals surface area contributed by atoms with Crippen LogP contribution in [0.25, 0.3) is 0 Å². The molecule has 0 atom stereocenters. The van der Waals surface area contributed by atoms with Gasteiger partial charge in [0, 0.05) is 0 Å². The van der Waals surface area contributed by atoms with E-state index in [0.29, 0.717) is 0 Å². The van der Waals surface area contributed by atoms with E-state index in [1.165, 1.54) is 0 Å². The molecule has 0 spiro atoms. The molecule has 0 rings (SSSR count). The van der Waals surface area contributed by atoms with Crippen LogP contribution in [0.1, 0.15) is 20.8 Å². The van der Waals surface area contributed by atoms with Gasteiger partial charge < -0.3 is 15.3 Å². The van der Waals surface area contributed by atoms with Gasteiger partial charge in [0.1, 0.15) is 5.54 Å². The zero-order valence-corrected chi connectivity index (χ0v) is 10.7. The Morgan fingerprint density at radius 1 is 1.00 bits per heavy atom. The number of sulfonamides is 1. The molecule has 0 aromatic carbocycles. The molecule has 0 aliphatic heterocycles. The summed E-state index contributed by atoms with van der Waals surface area (Å²) < 4.78 is 25.5. The van der Waals surface area contributed by atoms with Crippen LogP contribution in [0.2, 0.25) is 0 Å². The van der Waals surface area contributed by atoms with E-state index in [9.17, 15) is 8.42 Å². The Kier molecular flexibility index (Phi) is 5.34. The van der Waals surface area contributed by atoms with Crippen LogP contribution in [0.15, 0.2) is 0 Å². The minimum absolute atomic E-state index is 0.151. The van der Waals surface area contributed by atoms with E-state index in [1.807, 2.05) is 0 Å². The highest BCUT2D eigenvalue weighted by Gasteiger charge is 2.34. The molecule has 16 heavy (non-hydrogen) atoms. The van der Waals surface area contributed by atoms with Crippen molar-refractivity contribution in [2.45, 2.75) is 26.3 Å². The van der Waals surface area contributed by atoms with Crippen LogP contribution in [0, 0.1) is 5.41 Å². The predicted octanol–water partition coefficient (Wildman–Crippen LogP) is -1.33. The van der Waals surface area contributed by atoms with Gasteiger partial charge in [0.25, 0.3) is 0 Å². The summed E-state index contributed by atoms with van der Waals surface area (Å²) in [5.41, 5.74) is -2.04. The molecule has 0 saturated heterocycles. The van der Waals surface area contributed by atoms with Crippen LogP contribution in [-0.2, 0) is 10.0 Å². The topological polar surface area (TPSA) is 107 Å². The van der Waals surface area contributed by atoms with Gasteiger partial charge >= 0.3 is 0 Å². The van der Waals surface area contributed by atoms with Crippen molar-refractivity contribution in [3.05, 3.63) is 0 Å². The molecule has 0 heterocycles. The Labute approximate surface area is 96.4 Å². The van der Waals surface area contributed by atoms with E-state index in [0.717, 1.165) is 0 Å². The fraction of sp³-hybridized carbons (Fsp3) is 1.00. The Balaban J connectivity index is 4.81. The molecule has 6 nitrogen and oxygen atoms in total. The molecule has 0 aromatic rings. The highest BCUT2D eigenvalue weighted by atomic mass is 32.2. The summed E-state index contributed by atoms with van der Waals surface area (Å²) in [4.78, 5) is 0. The van der Waals surface area contributed by atoms with Crippen LogP contribution < -0.4 is 4.72 Å². The zero-order chi connectivity index (χ0) is 13.0. The lowest BCUT2D eigenvalue weighted by atomic mass is 10.0. The van der Waals surface area contributed by atoms with Crippen molar-refractivity contribution >= 4 is 10.0 Å². The highest BCUT2D eigenvalue weighted by molar-refractivity contribution is 7.89. The minimum atomic E-state index is -3.66. The highest BCUT2D eigenvalue weighted by Crippen LogP contribution is 2.17. The van der Waals surface area contributed by atoms with Gasteiger partial charge in [-0.2, -0.15) is 0 Å². The van der Waals surface area contributed by atoms with Gasteiger partial charge in [-0.3, -0.25) is 0 Å². The van der Waals surface area contributed by atoms with Gasteiger partial charge in [-0.1, -0.05) is 20.8 Å². The lowest BCUT2D eigenvalue weighted by Crippen LogP contribution is -2.58. The molecular formula is C9H21NO5S. The summed E-state index contributed by atoms with van der Waals surface area (Å²) in [6, 6.07) is 0. The Morgan fingerprint density at radius 2 is 1.38 bits per heavy atom. The standard InChI is InChI=1S/C9H21NO5S/c1-8(2,3)7-16(14,15)10-9(4-11,5-12)6-13/h10-13H,4-7H2,1-3H3. The van der Waals surface area contributed by atoms with E-state index >= 15 is 0 Å². The maximum atomic E-state index is 11.7. The lowest BCUT2D eigenvalue weighted by Gasteiger charge is -2.30. The molecule has 0 aromatic heterocycles. The van der Waals surface area contributed by atoms with Gasteiger partial charge in [-0.05, 0) is 5.41 Å². The van der Waals surface area contributed by atoms with E-state index in [2.05, 4.69) is 4.72 Å². The fourth-order valence-electron chi connectivity index (χ4n) is 1.18. The zero-order valence-electron chi connectivity index (χ0n) is 9.89. The van der Waals surface area contributed by atoms with E-state index in [4.69, 9.17) is 15.3 Å². The first-order valence-corrected chi connectivity index (χ1v) is 6.59. The molecular weight excluding hydrogens is 234 g/mol. The Hall–Kier alpha value is -0.210. The van der Waals surface area contributed by atoms with Crippen molar-refractivity contribution in [3.8, 4) is 0 Å². The lowest BCUT2D eigenvalue weighted by molar-refractivity contribution is 0.0580. The van der Waals surface area contributed by atoms with E-state index in [-0.39, 0.29) is 5.75 Å². The largest absolute Gasteiger partial charge is 0.394 e. The Morgan fingerprint density at radius 3 is 1.62 bits per heavy atom. The third-order valence-electron chi connectivity index (χ3n) is 1.90. The third-order valence-corrected chi connectivity index (χ3v) is 3.89. The summed E-state index contributed by atoms with van der Waals surface area (Å²) in [5, 5.41) is 27.0. The van der Waals surface area contributed by atoms with Crippen molar-refractivity contribution in [3.63, 3.8) is 0 Å². The molecule has 0 unspecified atom stereocenters. The van der Waals surface area contributed by atoms with Gasteiger partial charge in [-0.15, -0.1) is 0 Å². The SMILES string of the molecule is CC(C)(C)CS(=O)(=O)NC(CO)(CO)CO. The van der Waals surface area contributed by atoms with Gasteiger partial charge in [-0.25, -0.2) is 13.1 Å². The number of hydrogen-bond acceptors (Lipinski definition) is 5. The van der Waals surface area contributed by atoms with E-state index in [1.54, 1.807) is 20.8 Å². The van der Waals surface area contributed by atoms with Crippen molar-refractivity contribution in [1.29, 1.82) is 0 Å². The average Bonchev–Trinajstić information content (AvgIpc) is 2.10. The second-order valence-corrected chi connectivity index (χ2v) is 6.90. The van der Waals surface area contributed by atoms with Crippen LogP contribution in [0.5, 0.6) is 0 Å². The molecule has 0 aliphatic rings. The molecule has 4 N–H and O–H groups in total. The molecule has 0 aliphatic carbocycles. The number of aliphatic hydroxyl groups is 3. The number of nitrogens with one attached hydrogen (secondary N) is 1. The van der Waals surface area contributed by atoms with E-state index < -0.39 is 40.8 Å². The first kappa shape index (κ1) is 15.8. The molecule has 0 radical (unpaired) electrons. The molecule has 0 saturated carbocycles. The van der Waals surface area contributed by atoms with Crippen LogP contribution >= 0.6 is 0 Å². The van der Waals surface area contributed by atoms with Crippen molar-refractivity contribution in [2.75, 3.05) is 25.6 Å². The molecule has 7 heteroatoms. The normalized spacial score (nSPS) is 14.1. The van der Waals surface area contributed by atoms with Crippen LogP contribution in [0.3, 0.4) is 0 Å². The molecule has 0 bridgehead atoms. The second-order valence-electron chi connectivity index (χ2n) is 5.18. The molecule has 98 valence electrons. The quantitative estimate of drug-likeness (QED) is 0.470. The summed E-state index contributed by atoms with van der Waals surface area (Å²) in [7, 11) is -3.66. The van der Waals surface area contributed by atoms with Gasteiger partial charge in [0.2, 0.25) is 10.0 Å². The maximum Gasteiger partial charge on any atom is 0.212 e. The summed E-state index contributed by atoms with van der Waals surface area (Å²) in [5.74, 6) is -0.151. The minimum Gasteiger partial charge on any atom is -0.394 e.